The Morgan fingerprint density at radius 1 is 1.15 bits per heavy atom. The standard InChI is InChI=1S/C15H14N4O/c1-2-10-8-14(19-9-18-10)20-13-6-5-12(16)11-4-3-7-17-15(11)13/h3-9H,2,16H2,1H3. The lowest BCUT2D eigenvalue weighted by molar-refractivity contribution is 0.464. The van der Waals surface area contributed by atoms with E-state index in [2.05, 4.69) is 15.0 Å². The molecule has 0 radical (unpaired) electrons. The van der Waals surface area contributed by atoms with Crippen LogP contribution >= 0.6 is 0 Å². The van der Waals surface area contributed by atoms with Gasteiger partial charge >= 0.3 is 0 Å². The third kappa shape index (κ3) is 2.25. The highest BCUT2D eigenvalue weighted by Crippen LogP contribution is 2.30. The minimum Gasteiger partial charge on any atom is -0.437 e. The third-order valence-corrected chi connectivity index (χ3v) is 3.04. The highest BCUT2D eigenvalue weighted by atomic mass is 16.5. The fourth-order valence-electron chi connectivity index (χ4n) is 1.99. The van der Waals surface area contributed by atoms with Crippen LogP contribution in [0.5, 0.6) is 11.6 Å². The number of fused-ring (bicyclic) bond motifs is 1. The molecule has 5 nitrogen and oxygen atoms in total. The molecule has 0 saturated carbocycles. The molecule has 3 aromatic rings. The topological polar surface area (TPSA) is 73.9 Å². The Hall–Kier alpha value is -2.69. The van der Waals surface area contributed by atoms with Crippen LogP contribution in [0.15, 0.2) is 42.9 Å². The molecule has 2 N–H and O–H groups in total. The van der Waals surface area contributed by atoms with E-state index in [9.17, 15) is 0 Å². The first-order chi connectivity index (χ1) is 9.78. The summed E-state index contributed by atoms with van der Waals surface area (Å²) in [6.45, 7) is 2.03. The number of pyridine rings is 1. The zero-order valence-electron chi connectivity index (χ0n) is 11.1. The second kappa shape index (κ2) is 5.13. The quantitative estimate of drug-likeness (QED) is 0.738. The van der Waals surface area contributed by atoms with Crippen molar-refractivity contribution in [2.24, 2.45) is 0 Å². The van der Waals surface area contributed by atoms with E-state index in [1.165, 1.54) is 6.33 Å². The summed E-state index contributed by atoms with van der Waals surface area (Å²) in [5.74, 6) is 1.14. The Bertz CT molecular complexity index is 758. The number of hydrogen-bond acceptors (Lipinski definition) is 5. The molecule has 5 heteroatoms. The summed E-state index contributed by atoms with van der Waals surface area (Å²) in [6.07, 6.45) is 4.05. The Morgan fingerprint density at radius 3 is 2.90 bits per heavy atom. The minimum atomic E-state index is 0.508. The molecule has 0 spiro atoms. The molecule has 0 amide bonds. The molecule has 0 unspecified atom stereocenters. The first-order valence-electron chi connectivity index (χ1n) is 6.40. The molecule has 2 heterocycles. The van der Waals surface area contributed by atoms with Gasteiger partial charge in [-0.1, -0.05) is 6.92 Å². The molecule has 0 bridgehead atoms. The van der Waals surface area contributed by atoms with Crippen LogP contribution in [0.3, 0.4) is 0 Å². The van der Waals surface area contributed by atoms with E-state index in [1.54, 1.807) is 18.3 Å². The predicted molar refractivity (Wildman–Crippen MR) is 77.6 cm³/mol. The number of benzene rings is 1. The first kappa shape index (κ1) is 12.3. The summed E-state index contributed by atoms with van der Waals surface area (Å²) >= 11 is 0. The highest BCUT2D eigenvalue weighted by Gasteiger charge is 2.08. The number of rotatable bonds is 3. The summed E-state index contributed by atoms with van der Waals surface area (Å²) in [7, 11) is 0. The van der Waals surface area contributed by atoms with Gasteiger partial charge in [-0.05, 0) is 30.7 Å². The maximum atomic E-state index is 5.94. The van der Waals surface area contributed by atoms with Crippen LogP contribution in [0.2, 0.25) is 0 Å². The van der Waals surface area contributed by atoms with Gasteiger partial charge in [-0.15, -0.1) is 0 Å². The SMILES string of the molecule is CCc1cc(Oc2ccc(N)c3cccnc23)ncn1. The largest absolute Gasteiger partial charge is 0.437 e. The van der Waals surface area contributed by atoms with Crippen LogP contribution in [-0.2, 0) is 6.42 Å². The van der Waals surface area contributed by atoms with Crippen molar-refractivity contribution < 1.29 is 4.74 Å². The van der Waals surface area contributed by atoms with E-state index < -0.39 is 0 Å². The smallest absolute Gasteiger partial charge is 0.222 e. The van der Waals surface area contributed by atoms with Gasteiger partial charge in [0.05, 0.1) is 0 Å². The molecule has 0 atom stereocenters. The monoisotopic (exact) mass is 266 g/mol. The van der Waals surface area contributed by atoms with Crippen LogP contribution in [0.4, 0.5) is 5.69 Å². The van der Waals surface area contributed by atoms with Gasteiger partial charge in [0, 0.05) is 29.0 Å². The van der Waals surface area contributed by atoms with Gasteiger partial charge in [0.15, 0.2) is 5.75 Å². The van der Waals surface area contributed by atoms with E-state index in [4.69, 9.17) is 10.5 Å². The van der Waals surface area contributed by atoms with E-state index in [0.29, 0.717) is 17.3 Å². The number of anilines is 1. The van der Waals surface area contributed by atoms with Crippen LogP contribution in [-0.4, -0.2) is 15.0 Å². The van der Waals surface area contributed by atoms with Crippen molar-refractivity contribution in [3.8, 4) is 11.6 Å². The minimum absolute atomic E-state index is 0.508. The van der Waals surface area contributed by atoms with Crippen molar-refractivity contribution in [1.82, 2.24) is 15.0 Å². The number of hydrogen-bond donors (Lipinski definition) is 1. The van der Waals surface area contributed by atoms with E-state index >= 15 is 0 Å². The summed E-state index contributed by atoms with van der Waals surface area (Å²) in [6, 6.07) is 9.20. The summed E-state index contributed by atoms with van der Waals surface area (Å²) < 4.78 is 5.82. The maximum absolute atomic E-state index is 5.94. The predicted octanol–water partition coefficient (Wildman–Crippen LogP) is 2.96. The number of aromatic nitrogens is 3. The second-order valence-electron chi connectivity index (χ2n) is 4.36. The first-order valence-corrected chi connectivity index (χ1v) is 6.40. The lowest BCUT2D eigenvalue weighted by Crippen LogP contribution is -1.95. The zero-order chi connectivity index (χ0) is 13.9. The Labute approximate surface area is 116 Å². The average molecular weight is 266 g/mol. The maximum Gasteiger partial charge on any atom is 0.222 e. The fourth-order valence-corrected chi connectivity index (χ4v) is 1.99. The molecule has 2 aromatic heterocycles. The molecule has 3 rings (SSSR count). The van der Waals surface area contributed by atoms with Crippen molar-refractivity contribution in [3.63, 3.8) is 0 Å². The molecule has 0 aliphatic carbocycles. The van der Waals surface area contributed by atoms with Crippen LogP contribution in [0, 0.1) is 0 Å². The Morgan fingerprint density at radius 2 is 2.05 bits per heavy atom. The van der Waals surface area contributed by atoms with Crippen molar-refractivity contribution in [2.75, 3.05) is 5.73 Å². The summed E-state index contributed by atoms with van der Waals surface area (Å²) in [5, 5.41) is 0.870. The molecule has 0 saturated heterocycles. The number of aryl methyl sites for hydroxylation is 1. The van der Waals surface area contributed by atoms with Gasteiger partial charge in [0.1, 0.15) is 11.8 Å². The van der Waals surface area contributed by atoms with Crippen LogP contribution < -0.4 is 10.5 Å². The molecule has 0 aliphatic heterocycles. The van der Waals surface area contributed by atoms with Gasteiger partial charge in [0.25, 0.3) is 0 Å². The molecular formula is C15H14N4O. The lowest BCUT2D eigenvalue weighted by Gasteiger charge is -2.09. The van der Waals surface area contributed by atoms with E-state index in [-0.39, 0.29) is 0 Å². The van der Waals surface area contributed by atoms with Gasteiger partial charge in [-0.2, -0.15) is 0 Å². The Kier molecular flexibility index (Phi) is 3.16. The number of nitrogens with two attached hydrogens (primary N) is 1. The van der Waals surface area contributed by atoms with Gasteiger partial charge in [-0.3, -0.25) is 4.98 Å². The molecule has 0 aliphatic rings. The van der Waals surface area contributed by atoms with E-state index in [0.717, 1.165) is 23.0 Å². The molecular weight excluding hydrogens is 252 g/mol. The van der Waals surface area contributed by atoms with Crippen LogP contribution in [0.1, 0.15) is 12.6 Å². The zero-order valence-corrected chi connectivity index (χ0v) is 11.1. The van der Waals surface area contributed by atoms with Crippen molar-refractivity contribution in [1.29, 1.82) is 0 Å². The normalized spacial score (nSPS) is 10.7. The molecule has 1 aromatic carbocycles. The van der Waals surface area contributed by atoms with Crippen molar-refractivity contribution in [3.05, 3.63) is 48.5 Å². The fraction of sp³-hybridized carbons (Fsp3) is 0.133. The number of nitrogens with zero attached hydrogens (tertiary/aromatic N) is 3. The molecule has 100 valence electrons. The van der Waals surface area contributed by atoms with Gasteiger partial charge in [0.2, 0.25) is 5.88 Å². The van der Waals surface area contributed by atoms with Crippen molar-refractivity contribution in [2.45, 2.75) is 13.3 Å². The van der Waals surface area contributed by atoms with Gasteiger partial charge < -0.3 is 10.5 Å². The highest BCUT2D eigenvalue weighted by molar-refractivity contribution is 5.94. The average Bonchev–Trinajstić information content (AvgIpc) is 2.51. The summed E-state index contributed by atoms with van der Waals surface area (Å²) in [4.78, 5) is 12.6. The Balaban J connectivity index is 2.04. The lowest BCUT2D eigenvalue weighted by atomic mass is 10.2. The molecule has 0 fully saturated rings. The molecule has 20 heavy (non-hydrogen) atoms. The van der Waals surface area contributed by atoms with Crippen LogP contribution in [0.25, 0.3) is 10.9 Å². The number of nitrogen functional groups attached to an aromatic ring is 1. The summed E-state index contributed by atoms with van der Waals surface area (Å²) in [5.41, 5.74) is 8.28. The third-order valence-electron chi connectivity index (χ3n) is 3.04. The number of ether oxygens (including phenoxy) is 1. The van der Waals surface area contributed by atoms with Crippen molar-refractivity contribution >= 4 is 16.6 Å². The second-order valence-corrected chi connectivity index (χ2v) is 4.36. The van der Waals surface area contributed by atoms with E-state index in [1.807, 2.05) is 25.1 Å². The van der Waals surface area contributed by atoms with Gasteiger partial charge in [-0.25, -0.2) is 9.97 Å².